The summed E-state index contributed by atoms with van der Waals surface area (Å²) < 4.78 is 66.9. The molecule has 1 aliphatic rings. The lowest BCUT2D eigenvalue weighted by atomic mass is 10.1. The van der Waals surface area contributed by atoms with Gasteiger partial charge in [-0.25, -0.2) is 8.42 Å². The summed E-state index contributed by atoms with van der Waals surface area (Å²) in [5.41, 5.74) is -0.340. The van der Waals surface area contributed by atoms with Gasteiger partial charge in [-0.2, -0.15) is 17.5 Å². The van der Waals surface area contributed by atoms with E-state index in [-0.39, 0.29) is 36.8 Å². The molecule has 1 saturated heterocycles. The van der Waals surface area contributed by atoms with Gasteiger partial charge < -0.3 is 4.90 Å². The molecule has 0 spiro atoms. The fourth-order valence-corrected chi connectivity index (χ4v) is 5.54. The smallest absolute Gasteiger partial charge is 0.363 e. The van der Waals surface area contributed by atoms with Crippen LogP contribution in [0.15, 0.2) is 53.6 Å². The van der Waals surface area contributed by atoms with Gasteiger partial charge >= 0.3 is 6.18 Å². The Kier molecular flexibility index (Phi) is 5.74. The molecule has 2 aromatic carbocycles. The van der Waals surface area contributed by atoms with E-state index in [1.807, 2.05) is 6.92 Å². The Balaban J connectivity index is 1.60. The third kappa shape index (κ3) is 4.23. The minimum absolute atomic E-state index is 0.0232. The molecule has 0 bridgehead atoms. The fraction of sp³-hybridized carbons (Fsp3) is 0.286. The number of halogens is 3. The number of nitro benzene ring substituents is 1. The molecule has 4 rings (SSSR count). The van der Waals surface area contributed by atoms with Crippen molar-refractivity contribution >= 4 is 32.3 Å². The molecule has 0 saturated carbocycles. The van der Waals surface area contributed by atoms with E-state index in [0.29, 0.717) is 17.0 Å². The maximum absolute atomic E-state index is 13.3. The lowest BCUT2D eigenvalue weighted by Gasteiger charge is -2.35. The average molecular weight is 480 g/mol. The monoisotopic (exact) mass is 480 g/mol. The molecule has 0 aliphatic carbocycles. The van der Waals surface area contributed by atoms with Crippen LogP contribution in [0.2, 0.25) is 0 Å². The molecular weight excluding hydrogens is 461 g/mol. The molecule has 1 aromatic heterocycles. The molecule has 0 radical (unpaired) electrons. The topological polar surface area (TPSA) is 96.7 Å². The summed E-state index contributed by atoms with van der Waals surface area (Å²) in [6.45, 7) is 2.06. The molecule has 12 heteroatoms. The van der Waals surface area contributed by atoms with Crippen molar-refractivity contribution in [2.75, 3.05) is 31.1 Å². The first kappa shape index (κ1) is 22.9. The second kappa shape index (κ2) is 8.27. The number of hydrogen-bond donors (Lipinski definition) is 0. The lowest BCUT2D eigenvalue weighted by Crippen LogP contribution is -2.48. The van der Waals surface area contributed by atoms with Gasteiger partial charge in [0.1, 0.15) is 5.69 Å². The van der Waals surface area contributed by atoms with Gasteiger partial charge in [0.25, 0.3) is 5.69 Å². The first-order valence-corrected chi connectivity index (χ1v) is 11.4. The number of anilines is 1. The standard InChI is InChI=1S/C21H19F3N4O4S/c1-14-4-7-19(16-3-2-8-25-20(14)16)33(31,32)27-11-9-26(10-12-27)17-6-5-15(21(22,23)24)13-18(17)28(29)30/h2-8,13H,9-12H2,1H3. The third-order valence-corrected chi connectivity index (χ3v) is 7.58. The summed E-state index contributed by atoms with van der Waals surface area (Å²) in [5, 5.41) is 11.9. The Bertz CT molecular complexity index is 1340. The maximum atomic E-state index is 13.3. The highest BCUT2D eigenvalue weighted by Gasteiger charge is 2.35. The molecule has 33 heavy (non-hydrogen) atoms. The van der Waals surface area contributed by atoms with Gasteiger partial charge in [-0.1, -0.05) is 6.07 Å². The Morgan fingerprint density at radius 3 is 2.39 bits per heavy atom. The van der Waals surface area contributed by atoms with Gasteiger partial charge in [-0.3, -0.25) is 15.1 Å². The quantitative estimate of drug-likeness (QED) is 0.414. The number of aryl methyl sites for hydroxylation is 1. The molecule has 174 valence electrons. The Morgan fingerprint density at radius 2 is 1.76 bits per heavy atom. The van der Waals surface area contributed by atoms with Crippen LogP contribution in [0.5, 0.6) is 0 Å². The molecule has 0 unspecified atom stereocenters. The molecule has 8 nitrogen and oxygen atoms in total. The van der Waals surface area contributed by atoms with Crippen molar-refractivity contribution in [1.82, 2.24) is 9.29 Å². The van der Waals surface area contributed by atoms with E-state index in [0.717, 1.165) is 17.7 Å². The van der Waals surface area contributed by atoms with Gasteiger partial charge in [0.2, 0.25) is 10.0 Å². The molecule has 0 amide bonds. The summed E-state index contributed by atoms with van der Waals surface area (Å²) in [5.74, 6) is 0. The predicted octanol–water partition coefficient (Wildman–Crippen LogP) is 3.98. The maximum Gasteiger partial charge on any atom is 0.416 e. The van der Waals surface area contributed by atoms with E-state index in [2.05, 4.69) is 4.98 Å². The summed E-state index contributed by atoms with van der Waals surface area (Å²) in [6, 6.07) is 8.91. The van der Waals surface area contributed by atoms with Crippen LogP contribution in [0.3, 0.4) is 0 Å². The molecule has 1 fully saturated rings. The molecule has 1 aliphatic heterocycles. The normalized spacial score (nSPS) is 15.7. The lowest BCUT2D eigenvalue weighted by molar-refractivity contribution is -0.384. The van der Waals surface area contributed by atoms with Crippen LogP contribution in [-0.4, -0.2) is 48.8 Å². The van der Waals surface area contributed by atoms with Crippen LogP contribution >= 0.6 is 0 Å². The summed E-state index contributed by atoms with van der Waals surface area (Å²) in [6.07, 6.45) is -3.12. The van der Waals surface area contributed by atoms with Gasteiger partial charge in [-0.15, -0.1) is 0 Å². The number of benzene rings is 2. The predicted molar refractivity (Wildman–Crippen MR) is 116 cm³/mol. The number of hydrogen-bond acceptors (Lipinski definition) is 6. The highest BCUT2D eigenvalue weighted by molar-refractivity contribution is 7.89. The third-order valence-electron chi connectivity index (χ3n) is 5.63. The van der Waals surface area contributed by atoms with E-state index in [9.17, 15) is 31.7 Å². The fourth-order valence-electron chi connectivity index (χ4n) is 3.93. The minimum atomic E-state index is -4.71. The van der Waals surface area contributed by atoms with Crippen molar-refractivity contribution in [3.05, 3.63) is 69.9 Å². The van der Waals surface area contributed by atoms with Crippen LogP contribution in [0.25, 0.3) is 10.9 Å². The van der Waals surface area contributed by atoms with Crippen LogP contribution in [-0.2, 0) is 16.2 Å². The van der Waals surface area contributed by atoms with Crippen molar-refractivity contribution in [1.29, 1.82) is 0 Å². The van der Waals surface area contributed by atoms with Gasteiger partial charge in [0.05, 0.1) is 20.9 Å². The van der Waals surface area contributed by atoms with Crippen LogP contribution in [0.4, 0.5) is 24.5 Å². The zero-order valence-electron chi connectivity index (χ0n) is 17.4. The molecule has 0 atom stereocenters. The van der Waals surface area contributed by atoms with Crippen molar-refractivity contribution in [2.45, 2.75) is 18.0 Å². The number of nitrogens with zero attached hydrogens (tertiary/aromatic N) is 4. The highest BCUT2D eigenvalue weighted by atomic mass is 32.2. The van der Waals surface area contributed by atoms with E-state index < -0.39 is 32.4 Å². The van der Waals surface area contributed by atoms with Gasteiger partial charge in [-0.05, 0) is 42.8 Å². The number of fused-ring (bicyclic) bond motifs is 1. The molecule has 2 heterocycles. The second-order valence-electron chi connectivity index (χ2n) is 7.63. The summed E-state index contributed by atoms with van der Waals surface area (Å²) in [7, 11) is -3.88. The molecule has 3 aromatic rings. The van der Waals surface area contributed by atoms with Crippen molar-refractivity contribution in [3.8, 4) is 0 Å². The van der Waals surface area contributed by atoms with E-state index >= 15 is 0 Å². The number of rotatable bonds is 4. The number of pyridine rings is 1. The van der Waals surface area contributed by atoms with Crippen molar-refractivity contribution in [3.63, 3.8) is 0 Å². The van der Waals surface area contributed by atoms with Gasteiger partial charge in [0.15, 0.2) is 0 Å². The SMILES string of the molecule is Cc1ccc(S(=O)(=O)N2CCN(c3ccc(C(F)(F)F)cc3[N+](=O)[O-])CC2)c2cccnc12. The van der Waals surface area contributed by atoms with Crippen molar-refractivity contribution in [2.24, 2.45) is 0 Å². The highest BCUT2D eigenvalue weighted by Crippen LogP contribution is 2.37. The number of alkyl halides is 3. The summed E-state index contributed by atoms with van der Waals surface area (Å²) >= 11 is 0. The minimum Gasteiger partial charge on any atom is -0.363 e. The van der Waals surface area contributed by atoms with E-state index in [1.165, 1.54) is 15.3 Å². The van der Waals surface area contributed by atoms with E-state index in [4.69, 9.17) is 0 Å². The van der Waals surface area contributed by atoms with E-state index in [1.54, 1.807) is 24.4 Å². The summed E-state index contributed by atoms with van der Waals surface area (Å²) in [4.78, 5) is 16.5. The Labute approximate surface area is 187 Å². The zero-order chi connectivity index (χ0) is 24.0. The number of piperazine rings is 1. The van der Waals surface area contributed by atoms with Crippen LogP contribution < -0.4 is 4.90 Å². The van der Waals surface area contributed by atoms with Crippen LogP contribution in [0, 0.1) is 17.0 Å². The average Bonchev–Trinajstić information content (AvgIpc) is 2.78. The first-order valence-electron chi connectivity index (χ1n) is 9.95. The Morgan fingerprint density at radius 1 is 1.06 bits per heavy atom. The molecule has 0 N–H and O–H groups in total. The van der Waals surface area contributed by atoms with Gasteiger partial charge in [0, 0.05) is 43.8 Å². The Hall–Kier alpha value is -3.25. The van der Waals surface area contributed by atoms with Crippen LogP contribution in [0.1, 0.15) is 11.1 Å². The number of sulfonamides is 1. The number of aromatic nitrogens is 1. The second-order valence-corrected chi connectivity index (χ2v) is 9.54. The largest absolute Gasteiger partial charge is 0.416 e. The first-order chi connectivity index (χ1) is 15.5. The van der Waals surface area contributed by atoms with Crippen molar-refractivity contribution < 1.29 is 26.5 Å². The zero-order valence-corrected chi connectivity index (χ0v) is 18.2. The number of nitro groups is 1. The molecular formula is C21H19F3N4O4S.